The van der Waals surface area contributed by atoms with Gasteiger partial charge in [0.1, 0.15) is 5.69 Å². The highest BCUT2D eigenvalue weighted by Gasteiger charge is 2.35. The van der Waals surface area contributed by atoms with Crippen LogP contribution in [0.5, 0.6) is 0 Å². The van der Waals surface area contributed by atoms with Gasteiger partial charge in [0.15, 0.2) is 0 Å². The molecule has 3 rings (SSSR count). The van der Waals surface area contributed by atoms with Gasteiger partial charge in [0.25, 0.3) is 0 Å². The Hall–Kier alpha value is -1.69. The van der Waals surface area contributed by atoms with E-state index in [1.165, 1.54) is 6.42 Å². The van der Waals surface area contributed by atoms with Crippen LogP contribution in [0.4, 0.5) is 0 Å². The van der Waals surface area contributed by atoms with Crippen LogP contribution >= 0.6 is 0 Å². The zero-order chi connectivity index (χ0) is 12.6. The van der Waals surface area contributed by atoms with Crippen LogP contribution in [0.1, 0.15) is 38.0 Å². The van der Waals surface area contributed by atoms with Crippen molar-refractivity contribution in [3.63, 3.8) is 0 Å². The number of rotatable bonds is 2. The Labute approximate surface area is 105 Å². The smallest absolute Gasteiger partial charge is 0.247 e. The first-order valence-electron chi connectivity index (χ1n) is 6.30. The summed E-state index contributed by atoms with van der Waals surface area (Å²) in [5.74, 6) is 1.06. The van der Waals surface area contributed by atoms with E-state index in [0.717, 1.165) is 25.7 Å². The number of nitrogens with zero attached hydrogens (tertiary/aromatic N) is 4. The lowest BCUT2D eigenvalue weighted by molar-refractivity contribution is 0.220. The van der Waals surface area contributed by atoms with Gasteiger partial charge in [0.05, 0.1) is 5.54 Å². The topological polar surface area (TPSA) is 82.8 Å². The monoisotopic (exact) mass is 247 g/mol. The van der Waals surface area contributed by atoms with E-state index in [0.29, 0.717) is 17.4 Å². The molecule has 0 unspecified atom stereocenters. The van der Waals surface area contributed by atoms with Gasteiger partial charge in [-0.05, 0) is 18.9 Å². The van der Waals surface area contributed by atoms with Crippen molar-refractivity contribution in [2.75, 3.05) is 0 Å². The normalized spacial score (nSPS) is 19.0. The number of hydrogen-bond acceptors (Lipinski definition) is 5. The average Bonchev–Trinajstić information content (AvgIpc) is 2.98. The van der Waals surface area contributed by atoms with E-state index >= 15 is 0 Å². The summed E-state index contributed by atoms with van der Waals surface area (Å²) >= 11 is 0. The molecule has 0 bridgehead atoms. The largest absolute Gasteiger partial charge is 0.337 e. The molecule has 0 saturated heterocycles. The van der Waals surface area contributed by atoms with Crippen molar-refractivity contribution in [2.45, 2.75) is 37.6 Å². The molecule has 1 aliphatic rings. The zero-order valence-electron chi connectivity index (χ0n) is 10.5. The quantitative estimate of drug-likeness (QED) is 0.871. The van der Waals surface area contributed by atoms with Crippen LogP contribution in [0.2, 0.25) is 0 Å². The first-order valence-corrected chi connectivity index (χ1v) is 6.30. The average molecular weight is 247 g/mol. The Morgan fingerprint density at radius 1 is 1.33 bits per heavy atom. The van der Waals surface area contributed by atoms with E-state index in [1.807, 2.05) is 19.3 Å². The molecule has 6 nitrogen and oxygen atoms in total. The van der Waals surface area contributed by atoms with E-state index in [1.54, 1.807) is 4.68 Å². The fourth-order valence-electron chi connectivity index (χ4n) is 2.46. The van der Waals surface area contributed by atoms with Crippen molar-refractivity contribution < 1.29 is 4.52 Å². The maximum atomic E-state index is 6.36. The molecule has 0 atom stereocenters. The number of hydrogen-bond donors (Lipinski definition) is 1. The highest BCUT2D eigenvalue weighted by atomic mass is 16.5. The third kappa shape index (κ3) is 1.92. The van der Waals surface area contributed by atoms with Crippen LogP contribution in [0.15, 0.2) is 16.8 Å². The van der Waals surface area contributed by atoms with Gasteiger partial charge in [0.2, 0.25) is 11.7 Å². The summed E-state index contributed by atoms with van der Waals surface area (Å²) in [6.45, 7) is 0. The van der Waals surface area contributed by atoms with Gasteiger partial charge in [-0.1, -0.05) is 24.4 Å². The van der Waals surface area contributed by atoms with Gasteiger partial charge in [-0.2, -0.15) is 10.1 Å². The van der Waals surface area contributed by atoms with Crippen LogP contribution in [-0.4, -0.2) is 19.9 Å². The summed E-state index contributed by atoms with van der Waals surface area (Å²) < 4.78 is 7.05. The fraction of sp³-hybridized carbons (Fsp3) is 0.583. The molecule has 2 N–H and O–H groups in total. The molecule has 2 aromatic rings. The van der Waals surface area contributed by atoms with Crippen molar-refractivity contribution in [2.24, 2.45) is 12.8 Å². The molecule has 96 valence electrons. The second-order valence-corrected chi connectivity index (χ2v) is 5.01. The Bertz CT molecular complexity index is 538. The van der Waals surface area contributed by atoms with Crippen molar-refractivity contribution in [3.8, 4) is 11.5 Å². The summed E-state index contributed by atoms with van der Waals surface area (Å²) in [5, 5.41) is 8.23. The van der Waals surface area contributed by atoms with Crippen LogP contribution in [0.25, 0.3) is 11.5 Å². The molecule has 6 heteroatoms. The minimum Gasteiger partial charge on any atom is -0.337 e. The minimum atomic E-state index is -0.446. The molecule has 1 fully saturated rings. The molecular formula is C12H17N5O. The third-order valence-corrected chi connectivity index (χ3v) is 3.54. The Morgan fingerprint density at radius 3 is 2.78 bits per heavy atom. The van der Waals surface area contributed by atoms with Crippen LogP contribution < -0.4 is 5.73 Å². The van der Waals surface area contributed by atoms with Crippen LogP contribution in [0, 0.1) is 0 Å². The Kier molecular flexibility index (Phi) is 2.66. The summed E-state index contributed by atoms with van der Waals surface area (Å²) in [6.07, 6.45) is 7.16. The van der Waals surface area contributed by atoms with Crippen LogP contribution in [0.3, 0.4) is 0 Å². The van der Waals surface area contributed by atoms with Gasteiger partial charge in [-0.15, -0.1) is 0 Å². The lowest BCUT2D eigenvalue weighted by Crippen LogP contribution is -2.38. The highest BCUT2D eigenvalue weighted by molar-refractivity contribution is 5.46. The third-order valence-electron chi connectivity index (χ3n) is 3.54. The van der Waals surface area contributed by atoms with Gasteiger partial charge in [-0.3, -0.25) is 4.68 Å². The van der Waals surface area contributed by atoms with Gasteiger partial charge >= 0.3 is 0 Å². The molecule has 1 aliphatic carbocycles. The van der Waals surface area contributed by atoms with E-state index in [2.05, 4.69) is 15.2 Å². The van der Waals surface area contributed by atoms with E-state index in [4.69, 9.17) is 10.3 Å². The van der Waals surface area contributed by atoms with Gasteiger partial charge in [-0.25, -0.2) is 0 Å². The van der Waals surface area contributed by atoms with E-state index in [9.17, 15) is 0 Å². The molecule has 0 aliphatic heterocycles. The molecule has 1 saturated carbocycles. The number of aromatic nitrogens is 4. The van der Waals surface area contributed by atoms with Gasteiger partial charge in [0, 0.05) is 13.2 Å². The summed E-state index contributed by atoms with van der Waals surface area (Å²) in [7, 11) is 1.86. The zero-order valence-corrected chi connectivity index (χ0v) is 10.5. The molecule has 0 spiro atoms. The first kappa shape index (κ1) is 11.4. The Balaban J connectivity index is 1.89. The molecule has 2 heterocycles. The fourth-order valence-corrected chi connectivity index (χ4v) is 2.46. The second-order valence-electron chi connectivity index (χ2n) is 5.01. The molecule has 2 aromatic heterocycles. The summed E-state index contributed by atoms with van der Waals surface area (Å²) in [4.78, 5) is 4.41. The molecule has 18 heavy (non-hydrogen) atoms. The van der Waals surface area contributed by atoms with Crippen molar-refractivity contribution in [1.82, 2.24) is 19.9 Å². The lowest BCUT2D eigenvalue weighted by atomic mass is 9.82. The first-order chi connectivity index (χ1) is 8.67. The SMILES string of the molecule is Cn1ccc(-c2noc(C3(N)CCCCC3)n2)n1. The summed E-state index contributed by atoms with van der Waals surface area (Å²) in [6, 6.07) is 1.86. The molecule has 0 amide bonds. The van der Waals surface area contributed by atoms with Crippen molar-refractivity contribution in [3.05, 3.63) is 18.2 Å². The van der Waals surface area contributed by atoms with Crippen molar-refractivity contribution >= 4 is 0 Å². The maximum Gasteiger partial charge on any atom is 0.247 e. The second kappa shape index (κ2) is 4.20. The predicted octanol–water partition coefficient (Wildman–Crippen LogP) is 1.59. The van der Waals surface area contributed by atoms with Gasteiger partial charge < -0.3 is 10.3 Å². The molecule has 0 radical (unpaired) electrons. The lowest BCUT2D eigenvalue weighted by Gasteiger charge is -2.29. The predicted molar refractivity (Wildman–Crippen MR) is 65.5 cm³/mol. The standard InChI is InChI=1S/C12H17N5O/c1-17-8-5-9(15-17)10-14-11(18-16-10)12(13)6-3-2-4-7-12/h5,8H,2-4,6-7,13H2,1H3. The molecule has 0 aromatic carbocycles. The van der Waals surface area contributed by atoms with E-state index < -0.39 is 5.54 Å². The highest BCUT2D eigenvalue weighted by Crippen LogP contribution is 2.34. The number of nitrogens with two attached hydrogens (primary N) is 1. The minimum absolute atomic E-state index is 0.446. The van der Waals surface area contributed by atoms with Crippen molar-refractivity contribution in [1.29, 1.82) is 0 Å². The van der Waals surface area contributed by atoms with E-state index in [-0.39, 0.29) is 0 Å². The summed E-state index contributed by atoms with van der Waals surface area (Å²) in [5.41, 5.74) is 6.62. The maximum absolute atomic E-state index is 6.36. The van der Waals surface area contributed by atoms with Crippen LogP contribution in [-0.2, 0) is 12.6 Å². The molecular weight excluding hydrogens is 230 g/mol. The number of aryl methyl sites for hydroxylation is 1. The Morgan fingerprint density at radius 2 is 2.11 bits per heavy atom.